The molecule has 67 heavy (non-hydrogen) atoms. The summed E-state index contributed by atoms with van der Waals surface area (Å²) in [5.41, 5.74) is 0. The van der Waals surface area contributed by atoms with E-state index in [9.17, 15) is 14.4 Å². The molecule has 0 aliphatic heterocycles. The van der Waals surface area contributed by atoms with Gasteiger partial charge in [0, 0.05) is 19.3 Å². The highest BCUT2D eigenvalue weighted by Crippen LogP contribution is 2.15. The van der Waals surface area contributed by atoms with Gasteiger partial charge in [0.25, 0.3) is 0 Å². The summed E-state index contributed by atoms with van der Waals surface area (Å²) >= 11 is 0. The molecule has 0 radical (unpaired) electrons. The van der Waals surface area contributed by atoms with Crippen LogP contribution in [0.2, 0.25) is 0 Å². The van der Waals surface area contributed by atoms with Gasteiger partial charge in [0.1, 0.15) is 13.2 Å². The maximum absolute atomic E-state index is 12.8. The molecule has 0 spiro atoms. The zero-order chi connectivity index (χ0) is 48.6. The molecular formula is C61H106O6. The normalized spacial score (nSPS) is 12.6. The average molecular weight is 936 g/mol. The highest BCUT2D eigenvalue weighted by molar-refractivity contribution is 5.71. The van der Waals surface area contributed by atoms with Crippen LogP contribution in [0.25, 0.3) is 0 Å². The number of unbranched alkanes of at least 4 members (excludes halogenated alkanes) is 28. The first-order valence-corrected chi connectivity index (χ1v) is 28.4. The molecule has 0 aromatic heterocycles. The largest absolute Gasteiger partial charge is 0.462 e. The second kappa shape index (κ2) is 55.4. The van der Waals surface area contributed by atoms with Crippen molar-refractivity contribution in [3.63, 3.8) is 0 Å². The molecule has 1 atom stereocenters. The zero-order valence-electron chi connectivity index (χ0n) is 44.2. The lowest BCUT2D eigenvalue weighted by molar-refractivity contribution is -0.167. The first kappa shape index (κ1) is 63.8. The van der Waals surface area contributed by atoms with Gasteiger partial charge in [-0.05, 0) is 89.9 Å². The molecule has 0 bridgehead atoms. The molecular weight excluding hydrogens is 829 g/mol. The van der Waals surface area contributed by atoms with Crippen molar-refractivity contribution < 1.29 is 28.6 Å². The molecule has 6 nitrogen and oxygen atoms in total. The summed E-state index contributed by atoms with van der Waals surface area (Å²) in [6, 6.07) is 0. The number of carbonyl (C=O) groups excluding carboxylic acids is 3. The van der Waals surface area contributed by atoms with E-state index in [1.807, 2.05) is 0 Å². The van der Waals surface area contributed by atoms with E-state index in [0.717, 1.165) is 116 Å². The van der Waals surface area contributed by atoms with Gasteiger partial charge in [-0.2, -0.15) is 0 Å². The molecule has 0 heterocycles. The molecule has 0 N–H and O–H groups in total. The molecule has 0 aliphatic rings. The maximum Gasteiger partial charge on any atom is 0.306 e. The summed E-state index contributed by atoms with van der Waals surface area (Å²) in [4.78, 5) is 38.1. The second-order valence-corrected chi connectivity index (χ2v) is 18.8. The van der Waals surface area contributed by atoms with Crippen LogP contribution in [0, 0.1) is 0 Å². The lowest BCUT2D eigenvalue weighted by Gasteiger charge is -2.18. The summed E-state index contributed by atoms with van der Waals surface area (Å²) < 4.78 is 16.8. The highest BCUT2D eigenvalue weighted by Gasteiger charge is 2.19. The maximum atomic E-state index is 12.8. The van der Waals surface area contributed by atoms with Crippen LogP contribution in [0.4, 0.5) is 0 Å². The third kappa shape index (κ3) is 53.7. The predicted octanol–water partition coefficient (Wildman–Crippen LogP) is 19.0. The smallest absolute Gasteiger partial charge is 0.306 e. The highest BCUT2D eigenvalue weighted by atomic mass is 16.6. The fourth-order valence-corrected chi connectivity index (χ4v) is 7.93. The van der Waals surface area contributed by atoms with Gasteiger partial charge in [0.15, 0.2) is 6.10 Å². The number of carbonyl (C=O) groups is 3. The molecule has 0 rings (SSSR count). The van der Waals surface area contributed by atoms with E-state index in [1.165, 1.54) is 122 Å². The van der Waals surface area contributed by atoms with Crippen LogP contribution in [0.3, 0.4) is 0 Å². The quantitative estimate of drug-likeness (QED) is 0.0262. The van der Waals surface area contributed by atoms with Gasteiger partial charge in [0.05, 0.1) is 0 Å². The van der Waals surface area contributed by atoms with Crippen molar-refractivity contribution in [2.45, 2.75) is 284 Å². The standard InChI is InChI=1S/C61H106O6/c1-4-7-10-13-16-19-22-25-28-30-31-32-34-36-39-42-45-48-51-54-60(63)66-57-58(56-65-59(62)53-50-47-44-41-38-35-27-24-21-18-15-12-9-6-3)67-61(64)55-52-49-46-43-40-37-33-29-26-23-20-17-14-11-8-5-2/h7,10,16,19-20,23,25,28-29,31-33,58H,4-6,8-9,11-15,17-18,21-22,24,26-27,30,34-57H2,1-3H3/b10-7-,19-16-,23-20-,28-25-,32-31-,33-29-. The third-order valence-corrected chi connectivity index (χ3v) is 12.2. The summed E-state index contributed by atoms with van der Waals surface area (Å²) in [7, 11) is 0. The van der Waals surface area contributed by atoms with Crippen molar-refractivity contribution in [3.05, 3.63) is 72.9 Å². The Balaban J connectivity index is 4.41. The summed E-state index contributed by atoms with van der Waals surface area (Å²) in [6.45, 7) is 6.51. The van der Waals surface area contributed by atoms with E-state index in [2.05, 4.69) is 93.7 Å². The molecule has 1 unspecified atom stereocenters. The van der Waals surface area contributed by atoms with Gasteiger partial charge < -0.3 is 14.2 Å². The zero-order valence-corrected chi connectivity index (χ0v) is 44.2. The molecule has 0 fully saturated rings. The Labute approximate surface area is 414 Å². The molecule has 0 amide bonds. The van der Waals surface area contributed by atoms with Crippen LogP contribution in [-0.2, 0) is 28.6 Å². The Kier molecular flexibility index (Phi) is 52.8. The van der Waals surface area contributed by atoms with Crippen molar-refractivity contribution in [2.24, 2.45) is 0 Å². The van der Waals surface area contributed by atoms with Gasteiger partial charge >= 0.3 is 17.9 Å². The number of hydrogen-bond donors (Lipinski definition) is 0. The van der Waals surface area contributed by atoms with Crippen LogP contribution < -0.4 is 0 Å². The van der Waals surface area contributed by atoms with Crippen molar-refractivity contribution in [1.82, 2.24) is 0 Å². The average Bonchev–Trinajstić information content (AvgIpc) is 3.33. The molecule has 0 aromatic rings. The van der Waals surface area contributed by atoms with Gasteiger partial charge in [-0.1, -0.05) is 241 Å². The van der Waals surface area contributed by atoms with Crippen LogP contribution in [0.5, 0.6) is 0 Å². The number of esters is 3. The Bertz CT molecular complexity index is 1260. The lowest BCUT2D eigenvalue weighted by atomic mass is 10.0. The minimum Gasteiger partial charge on any atom is -0.462 e. The van der Waals surface area contributed by atoms with E-state index < -0.39 is 6.10 Å². The van der Waals surface area contributed by atoms with E-state index in [4.69, 9.17) is 14.2 Å². The molecule has 386 valence electrons. The summed E-state index contributed by atoms with van der Waals surface area (Å²) in [5.74, 6) is -0.903. The first-order valence-electron chi connectivity index (χ1n) is 28.4. The third-order valence-electron chi connectivity index (χ3n) is 12.2. The SMILES string of the molecule is CC/C=C\C/C=C\C/C=C\C/C=C\CCCCCCCCC(=O)OCC(COC(=O)CCCCCCCCCCCCCCCC)OC(=O)CCCCCCC/C=C\C/C=C\CCCCCC. The Morgan fingerprint density at radius 1 is 0.313 bits per heavy atom. The number of hydrogen-bond acceptors (Lipinski definition) is 6. The van der Waals surface area contributed by atoms with Crippen molar-refractivity contribution >= 4 is 17.9 Å². The van der Waals surface area contributed by atoms with E-state index >= 15 is 0 Å². The summed E-state index contributed by atoms with van der Waals surface area (Å²) in [5, 5.41) is 0. The number of ether oxygens (including phenoxy) is 3. The van der Waals surface area contributed by atoms with Crippen LogP contribution in [-0.4, -0.2) is 37.2 Å². The van der Waals surface area contributed by atoms with Gasteiger partial charge in [-0.3, -0.25) is 14.4 Å². The van der Waals surface area contributed by atoms with Crippen LogP contribution in [0.15, 0.2) is 72.9 Å². The number of rotatable bonds is 51. The van der Waals surface area contributed by atoms with Gasteiger partial charge in [0.2, 0.25) is 0 Å². The molecule has 0 saturated carbocycles. The van der Waals surface area contributed by atoms with E-state index in [1.54, 1.807) is 0 Å². The van der Waals surface area contributed by atoms with E-state index in [0.29, 0.717) is 19.3 Å². The number of allylic oxidation sites excluding steroid dienone is 12. The fourth-order valence-electron chi connectivity index (χ4n) is 7.93. The monoisotopic (exact) mass is 935 g/mol. The first-order chi connectivity index (χ1) is 33.0. The molecule has 0 aliphatic carbocycles. The van der Waals surface area contributed by atoms with Crippen molar-refractivity contribution in [2.75, 3.05) is 13.2 Å². The molecule has 0 aromatic carbocycles. The van der Waals surface area contributed by atoms with Crippen LogP contribution in [0.1, 0.15) is 278 Å². The Morgan fingerprint density at radius 3 is 0.925 bits per heavy atom. The minimum absolute atomic E-state index is 0.0837. The fraction of sp³-hybridized carbons (Fsp3) is 0.754. The lowest BCUT2D eigenvalue weighted by Crippen LogP contribution is -2.30. The van der Waals surface area contributed by atoms with Gasteiger partial charge in [-0.25, -0.2) is 0 Å². The predicted molar refractivity (Wildman–Crippen MR) is 288 cm³/mol. The Hall–Kier alpha value is -3.15. The van der Waals surface area contributed by atoms with Crippen LogP contribution >= 0.6 is 0 Å². The summed E-state index contributed by atoms with van der Waals surface area (Å²) in [6.07, 6.45) is 70.2. The second-order valence-electron chi connectivity index (χ2n) is 18.8. The topological polar surface area (TPSA) is 78.9 Å². The van der Waals surface area contributed by atoms with Crippen molar-refractivity contribution in [1.29, 1.82) is 0 Å². The minimum atomic E-state index is -0.787. The molecule has 6 heteroatoms. The van der Waals surface area contributed by atoms with E-state index in [-0.39, 0.29) is 31.1 Å². The Morgan fingerprint density at radius 2 is 0.582 bits per heavy atom. The van der Waals surface area contributed by atoms with Crippen molar-refractivity contribution in [3.8, 4) is 0 Å². The molecule has 0 saturated heterocycles. The van der Waals surface area contributed by atoms with Gasteiger partial charge in [-0.15, -0.1) is 0 Å².